The van der Waals surface area contributed by atoms with Crippen LogP contribution in [0.5, 0.6) is 0 Å². The molecule has 0 aliphatic carbocycles. The van der Waals surface area contributed by atoms with Gasteiger partial charge in [0.15, 0.2) is 0 Å². The van der Waals surface area contributed by atoms with E-state index in [0.29, 0.717) is 12.3 Å². The molecule has 2 heterocycles. The lowest BCUT2D eigenvalue weighted by atomic mass is 9.97. The molecule has 3 heteroatoms. The van der Waals surface area contributed by atoms with Crippen molar-refractivity contribution in [1.29, 1.82) is 0 Å². The lowest BCUT2D eigenvalue weighted by molar-refractivity contribution is -0.120. The Morgan fingerprint density at radius 1 is 1.24 bits per heavy atom. The van der Waals surface area contributed by atoms with Gasteiger partial charge in [0.05, 0.1) is 0 Å². The lowest BCUT2D eigenvalue weighted by Crippen LogP contribution is -2.35. The topological polar surface area (TPSA) is 32.3 Å². The zero-order valence-corrected chi connectivity index (χ0v) is 11.1. The molecule has 1 saturated heterocycles. The smallest absolute Gasteiger partial charge is 0.220 e. The van der Waals surface area contributed by atoms with Crippen LogP contribution in [-0.4, -0.2) is 37.0 Å². The third-order valence-corrected chi connectivity index (χ3v) is 4.16. The summed E-state index contributed by atoms with van der Waals surface area (Å²) in [6, 6.07) is 0. The van der Waals surface area contributed by atoms with Crippen LogP contribution in [-0.2, 0) is 4.79 Å². The lowest BCUT2D eigenvalue weighted by Gasteiger charge is -2.31. The maximum atomic E-state index is 11.3. The van der Waals surface area contributed by atoms with Crippen LogP contribution < -0.4 is 5.32 Å². The first-order chi connectivity index (χ1) is 8.15. The molecule has 2 rings (SSSR count). The van der Waals surface area contributed by atoms with E-state index in [4.69, 9.17) is 0 Å². The van der Waals surface area contributed by atoms with Gasteiger partial charge in [-0.05, 0) is 39.0 Å². The third-order valence-electron chi connectivity index (χ3n) is 4.16. The van der Waals surface area contributed by atoms with Crippen LogP contribution in [0.2, 0.25) is 0 Å². The fourth-order valence-corrected chi connectivity index (χ4v) is 2.78. The average Bonchev–Trinajstić information content (AvgIpc) is 2.49. The Balaban J connectivity index is 1.83. The standard InChI is InChI=1S/C14H24N2O/c1-11-6-8-16(9-12(11)2)10-13-3-4-14(17)15-7-5-13/h13H,3-10H2,1-2H3,(H,15,17). The van der Waals surface area contributed by atoms with E-state index in [1.807, 2.05) is 0 Å². The largest absolute Gasteiger partial charge is 0.356 e. The molecule has 1 N–H and O–H groups in total. The van der Waals surface area contributed by atoms with Crippen LogP contribution in [0.3, 0.4) is 0 Å². The summed E-state index contributed by atoms with van der Waals surface area (Å²) >= 11 is 0. The molecule has 0 radical (unpaired) electrons. The first-order valence-electron chi connectivity index (χ1n) is 6.79. The van der Waals surface area contributed by atoms with Crippen molar-refractivity contribution in [2.24, 2.45) is 5.92 Å². The minimum absolute atomic E-state index is 0.234. The van der Waals surface area contributed by atoms with Crippen molar-refractivity contribution in [2.75, 3.05) is 26.2 Å². The normalized spacial score (nSPS) is 27.9. The molecule has 0 aromatic carbocycles. The predicted octanol–water partition coefficient (Wildman–Crippen LogP) is 1.94. The summed E-state index contributed by atoms with van der Waals surface area (Å²) in [6.45, 7) is 8.86. The second-order valence-electron chi connectivity index (χ2n) is 5.59. The number of nitrogens with one attached hydrogen (secondary N) is 1. The Labute approximate surface area is 104 Å². The van der Waals surface area contributed by atoms with Crippen molar-refractivity contribution >= 4 is 5.91 Å². The monoisotopic (exact) mass is 236 g/mol. The van der Waals surface area contributed by atoms with Gasteiger partial charge in [0, 0.05) is 32.6 Å². The van der Waals surface area contributed by atoms with Crippen molar-refractivity contribution < 1.29 is 4.79 Å². The molecule has 1 fully saturated rings. The van der Waals surface area contributed by atoms with Crippen LogP contribution in [0, 0.1) is 5.92 Å². The molecule has 1 amide bonds. The summed E-state index contributed by atoms with van der Waals surface area (Å²) in [6.07, 6.45) is 4.14. The van der Waals surface area contributed by atoms with E-state index < -0.39 is 0 Å². The maximum absolute atomic E-state index is 11.3. The molecule has 1 unspecified atom stereocenters. The highest BCUT2D eigenvalue weighted by atomic mass is 16.1. The number of hydrogen-bond acceptors (Lipinski definition) is 2. The molecule has 0 saturated carbocycles. The zero-order valence-electron chi connectivity index (χ0n) is 11.1. The van der Waals surface area contributed by atoms with E-state index in [9.17, 15) is 4.79 Å². The van der Waals surface area contributed by atoms with E-state index in [0.717, 1.165) is 25.9 Å². The number of carbonyl (C=O) groups is 1. The molecular formula is C14H24N2O. The molecule has 2 aliphatic heterocycles. The minimum Gasteiger partial charge on any atom is -0.356 e. The summed E-state index contributed by atoms with van der Waals surface area (Å²) < 4.78 is 0. The van der Waals surface area contributed by atoms with Crippen molar-refractivity contribution in [2.45, 2.75) is 39.5 Å². The Morgan fingerprint density at radius 2 is 2.06 bits per heavy atom. The summed E-state index contributed by atoms with van der Waals surface area (Å²) in [4.78, 5) is 13.8. The highest BCUT2D eigenvalue weighted by molar-refractivity contribution is 5.76. The van der Waals surface area contributed by atoms with Crippen molar-refractivity contribution in [1.82, 2.24) is 10.2 Å². The van der Waals surface area contributed by atoms with Gasteiger partial charge in [0.2, 0.25) is 5.91 Å². The minimum atomic E-state index is 0.234. The first kappa shape index (κ1) is 12.6. The van der Waals surface area contributed by atoms with Crippen LogP contribution >= 0.6 is 0 Å². The van der Waals surface area contributed by atoms with Crippen LogP contribution in [0.4, 0.5) is 0 Å². The Morgan fingerprint density at radius 3 is 2.82 bits per heavy atom. The number of nitrogens with zero attached hydrogens (tertiary/aromatic N) is 1. The van der Waals surface area contributed by atoms with Gasteiger partial charge in [-0.1, -0.05) is 11.1 Å². The third kappa shape index (κ3) is 3.56. The second kappa shape index (κ2) is 5.67. The molecular weight excluding hydrogens is 212 g/mol. The Bertz CT molecular complexity index is 322. The molecule has 0 aromatic heterocycles. The summed E-state index contributed by atoms with van der Waals surface area (Å²) in [5.74, 6) is 0.929. The second-order valence-corrected chi connectivity index (χ2v) is 5.59. The van der Waals surface area contributed by atoms with Crippen molar-refractivity contribution in [3.05, 3.63) is 11.1 Å². The van der Waals surface area contributed by atoms with Gasteiger partial charge < -0.3 is 5.32 Å². The highest BCUT2D eigenvalue weighted by Gasteiger charge is 2.21. The van der Waals surface area contributed by atoms with Gasteiger partial charge in [0.25, 0.3) is 0 Å². The summed E-state index contributed by atoms with van der Waals surface area (Å²) in [7, 11) is 0. The van der Waals surface area contributed by atoms with E-state index >= 15 is 0 Å². The fourth-order valence-electron chi connectivity index (χ4n) is 2.78. The van der Waals surface area contributed by atoms with Crippen LogP contribution in [0.15, 0.2) is 11.1 Å². The molecule has 96 valence electrons. The van der Waals surface area contributed by atoms with E-state index in [1.54, 1.807) is 11.1 Å². The van der Waals surface area contributed by atoms with Crippen molar-refractivity contribution in [3.63, 3.8) is 0 Å². The molecule has 3 nitrogen and oxygen atoms in total. The van der Waals surface area contributed by atoms with Gasteiger partial charge in [-0.3, -0.25) is 9.69 Å². The van der Waals surface area contributed by atoms with Crippen LogP contribution in [0.25, 0.3) is 0 Å². The molecule has 1 atom stereocenters. The van der Waals surface area contributed by atoms with Gasteiger partial charge in [-0.15, -0.1) is 0 Å². The molecule has 0 aromatic rings. The number of carbonyl (C=O) groups excluding carboxylic acids is 1. The highest BCUT2D eigenvalue weighted by Crippen LogP contribution is 2.21. The van der Waals surface area contributed by atoms with E-state index in [2.05, 4.69) is 24.1 Å². The number of hydrogen-bond donors (Lipinski definition) is 1. The molecule has 0 bridgehead atoms. The SMILES string of the molecule is CC1=C(C)CN(CC2CCNC(=O)CC2)CC1. The quantitative estimate of drug-likeness (QED) is 0.743. The number of amides is 1. The molecule has 17 heavy (non-hydrogen) atoms. The Kier molecular flexibility index (Phi) is 4.21. The number of rotatable bonds is 2. The first-order valence-corrected chi connectivity index (χ1v) is 6.79. The van der Waals surface area contributed by atoms with Gasteiger partial charge in [0.1, 0.15) is 0 Å². The molecule has 2 aliphatic rings. The van der Waals surface area contributed by atoms with Gasteiger partial charge in [-0.25, -0.2) is 0 Å². The van der Waals surface area contributed by atoms with E-state index in [1.165, 1.54) is 19.5 Å². The predicted molar refractivity (Wildman–Crippen MR) is 69.8 cm³/mol. The van der Waals surface area contributed by atoms with E-state index in [-0.39, 0.29) is 5.91 Å². The fraction of sp³-hybridized carbons (Fsp3) is 0.786. The zero-order chi connectivity index (χ0) is 12.3. The summed E-state index contributed by atoms with van der Waals surface area (Å²) in [5.41, 5.74) is 3.11. The van der Waals surface area contributed by atoms with Crippen molar-refractivity contribution in [3.8, 4) is 0 Å². The van der Waals surface area contributed by atoms with Crippen LogP contribution in [0.1, 0.15) is 39.5 Å². The van der Waals surface area contributed by atoms with Gasteiger partial charge >= 0.3 is 0 Å². The average molecular weight is 236 g/mol. The summed E-state index contributed by atoms with van der Waals surface area (Å²) in [5, 5.41) is 2.96. The van der Waals surface area contributed by atoms with Gasteiger partial charge in [-0.2, -0.15) is 0 Å². The Hall–Kier alpha value is -0.830. The maximum Gasteiger partial charge on any atom is 0.220 e. The molecule has 0 spiro atoms.